The van der Waals surface area contributed by atoms with Gasteiger partial charge in [-0.25, -0.2) is 0 Å². The van der Waals surface area contributed by atoms with Gasteiger partial charge >= 0.3 is 0 Å². The number of benzene rings is 1. The summed E-state index contributed by atoms with van der Waals surface area (Å²) in [5.41, 5.74) is 2.28. The first-order valence-electron chi connectivity index (χ1n) is 8.92. The normalized spacial score (nSPS) is 19.3. The van der Waals surface area contributed by atoms with Crippen LogP contribution in [0.15, 0.2) is 12.1 Å². The number of nitrogens with one attached hydrogen (secondary N) is 1. The summed E-state index contributed by atoms with van der Waals surface area (Å²) in [7, 11) is 0. The average molecular weight is 364 g/mol. The molecule has 2 atom stereocenters. The van der Waals surface area contributed by atoms with Crippen LogP contribution in [0.4, 0.5) is 0 Å². The maximum absolute atomic E-state index is 12.9. The van der Waals surface area contributed by atoms with Gasteiger partial charge in [0.2, 0.25) is 5.91 Å². The third-order valence-corrected chi connectivity index (χ3v) is 4.77. The molecule has 5 nitrogen and oxygen atoms in total. The van der Waals surface area contributed by atoms with Crippen molar-refractivity contribution in [1.29, 1.82) is 5.26 Å². The highest BCUT2D eigenvalue weighted by Gasteiger charge is 2.44. The SMILES string of the molecule is CC#Cc1cc(C)c(C2C(=O)CC(CC(=O)NC(C)(C)C#N)C2=O)c(C)c1. The van der Waals surface area contributed by atoms with Gasteiger partial charge in [0, 0.05) is 24.3 Å². The second kappa shape index (κ2) is 7.76. The molecule has 0 spiro atoms. The largest absolute Gasteiger partial charge is 0.338 e. The fraction of sp³-hybridized carbons (Fsp3) is 0.455. The van der Waals surface area contributed by atoms with Crippen molar-refractivity contribution in [2.75, 3.05) is 0 Å². The first kappa shape index (κ1) is 20.4. The molecule has 1 fully saturated rings. The number of carbonyl (C=O) groups excluding carboxylic acids is 3. The molecule has 5 heteroatoms. The van der Waals surface area contributed by atoms with Crippen LogP contribution in [-0.4, -0.2) is 23.0 Å². The molecule has 1 aliphatic rings. The van der Waals surface area contributed by atoms with Crippen LogP contribution in [0.5, 0.6) is 0 Å². The van der Waals surface area contributed by atoms with Gasteiger partial charge in [-0.1, -0.05) is 5.92 Å². The summed E-state index contributed by atoms with van der Waals surface area (Å²) in [6.07, 6.45) is -0.0248. The molecule has 1 N–H and O–H groups in total. The zero-order chi connectivity index (χ0) is 20.4. The van der Waals surface area contributed by atoms with Gasteiger partial charge in [-0.15, -0.1) is 5.92 Å². The molecule has 0 aromatic heterocycles. The maximum Gasteiger partial charge on any atom is 0.221 e. The Morgan fingerprint density at radius 1 is 1.26 bits per heavy atom. The van der Waals surface area contributed by atoms with Gasteiger partial charge in [0.1, 0.15) is 17.2 Å². The lowest BCUT2D eigenvalue weighted by molar-refractivity contribution is -0.129. The highest BCUT2D eigenvalue weighted by Crippen LogP contribution is 2.37. The highest BCUT2D eigenvalue weighted by atomic mass is 16.2. The predicted molar refractivity (Wildman–Crippen MR) is 102 cm³/mol. The van der Waals surface area contributed by atoms with Crippen molar-refractivity contribution < 1.29 is 14.4 Å². The molecule has 0 heterocycles. The minimum atomic E-state index is -1.01. The molecule has 1 aromatic carbocycles. The highest BCUT2D eigenvalue weighted by molar-refractivity contribution is 6.15. The molecular weight excluding hydrogens is 340 g/mol. The van der Waals surface area contributed by atoms with E-state index in [1.807, 2.05) is 32.0 Å². The van der Waals surface area contributed by atoms with Crippen molar-refractivity contribution in [2.24, 2.45) is 5.92 Å². The number of amides is 1. The third kappa shape index (κ3) is 4.44. The van der Waals surface area contributed by atoms with Gasteiger partial charge in [0.25, 0.3) is 0 Å². The van der Waals surface area contributed by atoms with Crippen molar-refractivity contribution >= 4 is 17.5 Å². The molecular formula is C22H24N2O3. The Morgan fingerprint density at radius 2 is 1.85 bits per heavy atom. The van der Waals surface area contributed by atoms with E-state index >= 15 is 0 Å². The Balaban J connectivity index is 2.25. The van der Waals surface area contributed by atoms with Gasteiger partial charge in [0.15, 0.2) is 5.78 Å². The van der Waals surface area contributed by atoms with Crippen molar-refractivity contribution in [3.63, 3.8) is 0 Å². The summed E-state index contributed by atoms with van der Waals surface area (Å²) < 4.78 is 0. The van der Waals surface area contributed by atoms with Crippen LogP contribution in [-0.2, 0) is 14.4 Å². The number of hydrogen-bond acceptors (Lipinski definition) is 4. The number of ketones is 2. The van der Waals surface area contributed by atoms with Crippen LogP contribution in [0.2, 0.25) is 0 Å². The summed E-state index contributed by atoms with van der Waals surface area (Å²) in [6.45, 7) is 8.68. The Morgan fingerprint density at radius 3 is 2.37 bits per heavy atom. The number of aryl methyl sites for hydroxylation is 2. The number of nitriles is 1. The Kier molecular flexibility index (Phi) is 5.86. The fourth-order valence-electron chi connectivity index (χ4n) is 3.63. The minimum Gasteiger partial charge on any atom is -0.338 e. The third-order valence-electron chi connectivity index (χ3n) is 4.77. The van der Waals surface area contributed by atoms with Gasteiger partial charge in [-0.05, 0) is 63.4 Å². The smallest absolute Gasteiger partial charge is 0.221 e. The van der Waals surface area contributed by atoms with E-state index in [-0.39, 0.29) is 24.4 Å². The van der Waals surface area contributed by atoms with Gasteiger partial charge in [0.05, 0.1) is 6.07 Å². The summed E-state index contributed by atoms with van der Waals surface area (Å²) >= 11 is 0. The lowest BCUT2D eigenvalue weighted by Gasteiger charge is -2.19. The van der Waals surface area contributed by atoms with Gasteiger partial charge < -0.3 is 5.32 Å². The standard InChI is InChI=1S/C22H24N2O3/c1-6-7-15-8-13(2)19(14(3)9-15)20-17(25)10-16(21(20)27)11-18(26)24-22(4,5)12-23/h8-9,16,20H,10-11H2,1-5H3,(H,24,26). The van der Waals surface area contributed by atoms with Gasteiger partial charge in [-0.3, -0.25) is 14.4 Å². The van der Waals surface area contributed by atoms with E-state index in [4.69, 9.17) is 5.26 Å². The zero-order valence-electron chi connectivity index (χ0n) is 16.4. The number of hydrogen-bond donors (Lipinski definition) is 1. The van der Waals surface area contributed by atoms with E-state index in [9.17, 15) is 14.4 Å². The molecule has 2 rings (SSSR count). The Hall–Kier alpha value is -2.92. The van der Waals surface area contributed by atoms with E-state index in [1.54, 1.807) is 20.8 Å². The molecule has 1 amide bonds. The number of nitrogens with zero attached hydrogens (tertiary/aromatic N) is 1. The van der Waals surface area contributed by atoms with Crippen molar-refractivity contribution in [3.05, 3.63) is 34.4 Å². The summed E-state index contributed by atoms with van der Waals surface area (Å²) in [5.74, 6) is 3.60. The van der Waals surface area contributed by atoms with Crippen molar-refractivity contribution in [2.45, 2.75) is 58.9 Å². The fourth-order valence-corrected chi connectivity index (χ4v) is 3.63. The van der Waals surface area contributed by atoms with Crippen LogP contribution in [0, 0.1) is 42.9 Å². The number of carbonyl (C=O) groups is 3. The van der Waals surface area contributed by atoms with E-state index in [1.165, 1.54) is 0 Å². The van der Waals surface area contributed by atoms with E-state index < -0.39 is 23.3 Å². The Labute approximate surface area is 160 Å². The monoisotopic (exact) mass is 364 g/mol. The second-order valence-electron chi connectivity index (χ2n) is 7.59. The first-order valence-corrected chi connectivity index (χ1v) is 8.92. The van der Waals surface area contributed by atoms with Gasteiger partial charge in [-0.2, -0.15) is 5.26 Å². The minimum absolute atomic E-state index is 0.0549. The van der Waals surface area contributed by atoms with E-state index in [0.717, 1.165) is 22.3 Å². The number of Topliss-reactive ketones (excluding diaryl/α,β-unsaturated/α-hetero) is 2. The quantitative estimate of drug-likeness (QED) is 0.657. The molecule has 0 aliphatic heterocycles. The van der Waals surface area contributed by atoms with Crippen LogP contribution in [0.3, 0.4) is 0 Å². The Bertz CT molecular complexity index is 887. The van der Waals surface area contributed by atoms with Crippen LogP contribution in [0.1, 0.15) is 61.8 Å². The zero-order valence-corrected chi connectivity index (χ0v) is 16.4. The molecule has 1 aromatic rings. The summed E-state index contributed by atoms with van der Waals surface area (Å²) in [6, 6.07) is 5.75. The number of rotatable bonds is 4. The predicted octanol–water partition coefficient (Wildman–Crippen LogP) is 2.73. The van der Waals surface area contributed by atoms with Crippen LogP contribution in [0.25, 0.3) is 0 Å². The maximum atomic E-state index is 12.9. The molecule has 0 bridgehead atoms. The molecule has 1 aliphatic carbocycles. The molecule has 27 heavy (non-hydrogen) atoms. The average Bonchev–Trinajstić information content (AvgIpc) is 2.81. The summed E-state index contributed by atoms with van der Waals surface area (Å²) in [5, 5.41) is 11.6. The molecule has 2 unspecified atom stereocenters. The van der Waals surface area contributed by atoms with Crippen molar-refractivity contribution in [3.8, 4) is 17.9 Å². The molecule has 0 saturated heterocycles. The molecule has 140 valence electrons. The molecule has 1 saturated carbocycles. The molecule has 0 radical (unpaired) electrons. The lowest BCUT2D eigenvalue weighted by Crippen LogP contribution is -2.43. The first-order chi connectivity index (χ1) is 12.6. The van der Waals surface area contributed by atoms with Crippen molar-refractivity contribution in [1.82, 2.24) is 5.32 Å². The van der Waals surface area contributed by atoms with E-state index in [0.29, 0.717) is 0 Å². The van der Waals surface area contributed by atoms with E-state index in [2.05, 4.69) is 17.2 Å². The second-order valence-corrected chi connectivity index (χ2v) is 7.59. The van der Waals surface area contributed by atoms with Crippen LogP contribution >= 0.6 is 0 Å². The topological polar surface area (TPSA) is 87.0 Å². The lowest BCUT2D eigenvalue weighted by atomic mass is 9.86. The summed E-state index contributed by atoms with van der Waals surface area (Å²) in [4.78, 5) is 37.7. The van der Waals surface area contributed by atoms with Crippen LogP contribution < -0.4 is 5.32 Å².